The first-order valence-electron chi connectivity index (χ1n) is 4.86. The molecular formula is C9H17NO5. The maximum atomic E-state index is 11.4. The van der Waals surface area contributed by atoms with E-state index in [1.165, 1.54) is 6.92 Å². The zero-order valence-corrected chi connectivity index (χ0v) is 9.23. The number of esters is 1. The minimum Gasteiger partial charge on any atom is -0.466 e. The summed E-state index contributed by atoms with van der Waals surface area (Å²) in [5.41, 5.74) is -1.66. The molecule has 0 rings (SSSR count). The van der Waals surface area contributed by atoms with Crippen LogP contribution in [0.15, 0.2) is 0 Å². The summed E-state index contributed by atoms with van der Waals surface area (Å²) < 4.78 is 4.74. The van der Waals surface area contributed by atoms with Gasteiger partial charge < -0.3 is 9.84 Å². The van der Waals surface area contributed by atoms with E-state index >= 15 is 0 Å². The lowest BCUT2D eigenvalue weighted by Gasteiger charge is -2.26. The fourth-order valence-electron chi connectivity index (χ4n) is 1.47. The van der Waals surface area contributed by atoms with Crippen LogP contribution in [-0.2, 0) is 9.53 Å². The summed E-state index contributed by atoms with van der Waals surface area (Å²) in [6, 6.07) is 0. The number of aliphatic hydroxyl groups is 1. The predicted octanol–water partition coefficient (Wildman–Crippen LogP) is 0.603. The predicted molar refractivity (Wildman–Crippen MR) is 52.9 cm³/mol. The summed E-state index contributed by atoms with van der Waals surface area (Å²) >= 11 is 0. The lowest BCUT2D eigenvalue weighted by atomic mass is 9.87. The Labute approximate surface area is 88.4 Å². The van der Waals surface area contributed by atoms with E-state index in [0.29, 0.717) is 6.42 Å². The molecule has 0 radical (unpaired) electrons. The van der Waals surface area contributed by atoms with Crippen LogP contribution in [0.4, 0.5) is 0 Å². The molecule has 0 fully saturated rings. The summed E-state index contributed by atoms with van der Waals surface area (Å²) in [6.45, 7) is 4.14. The molecule has 0 aliphatic carbocycles. The summed E-state index contributed by atoms with van der Waals surface area (Å²) in [5, 5.41) is 20.1. The molecule has 0 bridgehead atoms. The smallest absolute Gasteiger partial charge is 0.312 e. The van der Waals surface area contributed by atoms with Gasteiger partial charge >= 0.3 is 5.97 Å². The Morgan fingerprint density at radius 2 is 2.13 bits per heavy atom. The third-order valence-electron chi connectivity index (χ3n) is 2.18. The van der Waals surface area contributed by atoms with E-state index in [4.69, 9.17) is 4.74 Å². The van der Waals surface area contributed by atoms with Crippen molar-refractivity contribution in [2.75, 3.05) is 13.2 Å². The van der Waals surface area contributed by atoms with Crippen molar-refractivity contribution < 1.29 is 19.6 Å². The molecule has 6 heteroatoms. The third kappa shape index (κ3) is 4.24. The standard InChI is InChI=1S/C9H17NO5/c1-4-7(8(11)15-5-2)9(3,12)6-10(13)14/h7,12H,4-6H2,1-3H3/t7-,9-/m1/s1. The van der Waals surface area contributed by atoms with Gasteiger partial charge in [-0.25, -0.2) is 0 Å². The molecule has 6 nitrogen and oxygen atoms in total. The van der Waals surface area contributed by atoms with Gasteiger partial charge in [0.1, 0.15) is 5.60 Å². The van der Waals surface area contributed by atoms with Gasteiger partial charge in [-0.1, -0.05) is 6.92 Å². The average Bonchev–Trinajstić information content (AvgIpc) is 2.01. The Morgan fingerprint density at radius 1 is 1.60 bits per heavy atom. The van der Waals surface area contributed by atoms with E-state index in [9.17, 15) is 20.0 Å². The largest absolute Gasteiger partial charge is 0.466 e. The lowest BCUT2D eigenvalue weighted by Crippen LogP contribution is -2.45. The van der Waals surface area contributed by atoms with Crippen LogP contribution >= 0.6 is 0 Å². The highest BCUT2D eigenvalue weighted by molar-refractivity contribution is 5.73. The van der Waals surface area contributed by atoms with Crippen molar-refractivity contribution in [1.82, 2.24) is 0 Å². The Hall–Kier alpha value is -1.17. The zero-order valence-electron chi connectivity index (χ0n) is 9.23. The Kier molecular flexibility index (Phi) is 5.21. The minimum atomic E-state index is -1.66. The van der Waals surface area contributed by atoms with Crippen molar-refractivity contribution in [1.29, 1.82) is 0 Å². The molecule has 88 valence electrons. The highest BCUT2D eigenvalue weighted by atomic mass is 16.6. The maximum Gasteiger partial charge on any atom is 0.312 e. The van der Waals surface area contributed by atoms with Crippen molar-refractivity contribution in [2.24, 2.45) is 5.92 Å². The first-order valence-corrected chi connectivity index (χ1v) is 4.86. The fraction of sp³-hybridized carbons (Fsp3) is 0.889. The molecule has 0 aromatic rings. The Bertz CT molecular complexity index is 239. The molecule has 0 aliphatic heterocycles. The highest BCUT2D eigenvalue weighted by Crippen LogP contribution is 2.22. The Morgan fingerprint density at radius 3 is 2.47 bits per heavy atom. The molecule has 0 unspecified atom stereocenters. The molecule has 0 saturated heterocycles. The summed E-state index contributed by atoms with van der Waals surface area (Å²) in [4.78, 5) is 21.1. The van der Waals surface area contributed by atoms with Crippen molar-refractivity contribution in [3.63, 3.8) is 0 Å². The number of rotatable bonds is 6. The van der Waals surface area contributed by atoms with E-state index in [1.807, 2.05) is 0 Å². The van der Waals surface area contributed by atoms with Gasteiger partial charge in [-0.2, -0.15) is 0 Å². The quantitative estimate of drug-likeness (QED) is 0.401. The number of nitrogens with zero attached hydrogens (tertiary/aromatic N) is 1. The van der Waals surface area contributed by atoms with E-state index in [0.717, 1.165) is 0 Å². The topological polar surface area (TPSA) is 89.7 Å². The van der Waals surface area contributed by atoms with Crippen LogP contribution in [0.5, 0.6) is 0 Å². The summed E-state index contributed by atoms with van der Waals surface area (Å²) in [7, 11) is 0. The van der Waals surface area contributed by atoms with Gasteiger partial charge in [0, 0.05) is 4.92 Å². The minimum absolute atomic E-state index is 0.198. The van der Waals surface area contributed by atoms with Gasteiger partial charge in [-0.05, 0) is 20.3 Å². The van der Waals surface area contributed by atoms with Gasteiger partial charge in [-0.3, -0.25) is 14.9 Å². The molecule has 0 saturated carbocycles. The maximum absolute atomic E-state index is 11.4. The van der Waals surface area contributed by atoms with Crippen molar-refractivity contribution >= 4 is 5.97 Å². The number of hydrogen-bond donors (Lipinski definition) is 1. The number of nitro groups is 1. The molecule has 0 aliphatic rings. The molecule has 15 heavy (non-hydrogen) atoms. The number of hydrogen-bond acceptors (Lipinski definition) is 5. The second-order valence-corrected chi connectivity index (χ2v) is 3.56. The first-order chi connectivity index (χ1) is 6.85. The van der Waals surface area contributed by atoms with Crippen LogP contribution in [0.1, 0.15) is 27.2 Å². The van der Waals surface area contributed by atoms with Crippen LogP contribution in [-0.4, -0.2) is 34.8 Å². The van der Waals surface area contributed by atoms with Crippen LogP contribution in [0.25, 0.3) is 0 Å². The van der Waals surface area contributed by atoms with Gasteiger partial charge in [0.05, 0.1) is 12.5 Å². The highest BCUT2D eigenvalue weighted by Gasteiger charge is 2.41. The lowest BCUT2D eigenvalue weighted by molar-refractivity contribution is -0.501. The molecule has 0 aromatic heterocycles. The van der Waals surface area contributed by atoms with Crippen molar-refractivity contribution in [3.05, 3.63) is 10.1 Å². The molecule has 0 heterocycles. The third-order valence-corrected chi connectivity index (χ3v) is 2.18. The van der Waals surface area contributed by atoms with E-state index < -0.39 is 29.0 Å². The van der Waals surface area contributed by atoms with Crippen LogP contribution in [0, 0.1) is 16.0 Å². The normalized spacial score (nSPS) is 16.5. The van der Waals surface area contributed by atoms with E-state index in [2.05, 4.69) is 0 Å². The van der Waals surface area contributed by atoms with Gasteiger partial charge in [0.15, 0.2) is 0 Å². The SMILES string of the molecule is CCOC(=O)[C@@H](CC)[C@](C)(O)C[N+](=O)[O-]. The summed E-state index contributed by atoms with van der Waals surface area (Å²) in [6.07, 6.45) is 0.305. The van der Waals surface area contributed by atoms with Gasteiger partial charge in [0.25, 0.3) is 0 Å². The molecule has 0 aromatic carbocycles. The molecule has 0 spiro atoms. The summed E-state index contributed by atoms with van der Waals surface area (Å²) in [5.74, 6) is -1.45. The number of ether oxygens (including phenoxy) is 1. The second-order valence-electron chi connectivity index (χ2n) is 3.56. The van der Waals surface area contributed by atoms with Crippen molar-refractivity contribution in [3.8, 4) is 0 Å². The average molecular weight is 219 g/mol. The zero-order chi connectivity index (χ0) is 12.1. The number of carbonyl (C=O) groups excluding carboxylic acids is 1. The Balaban J connectivity index is 4.63. The van der Waals surface area contributed by atoms with Crippen LogP contribution in [0.2, 0.25) is 0 Å². The van der Waals surface area contributed by atoms with Crippen LogP contribution < -0.4 is 0 Å². The molecule has 1 N–H and O–H groups in total. The van der Waals surface area contributed by atoms with Gasteiger partial charge in [-0.15, -0.1) is 0 Å². The number of carbonyl (C=O) groups is 1. The second kappa shape index (κ2) is 5.65. The van der Waals surface area contributed by atoms with Crippen molar-refractivity contribution in [2.45, 2.75) is 32.8 Å². The van der Waals surface area contributed by atoms with Gasteiger partial charge in [0.2, 0.25) is 6.54 Å². The van der Waals surface area contributed by atoms with E-state index in [-0.39, 0.29) is 6.61 Å². The monoisotopic (exact) mass is 219 g/mol. The van der Waals surface area contributed by atoms with Crippen LogP contribution in [0.3, 0.4) is 0 Å². The van der Waals surface area contributed by atoms with E-state index in [1.54, 1.807) is 13.8 Å². The first kappa shape index (κ1) is 13.8. The molecular weight excluding hydrogens is 202 g/mol. The molecule has 0 amide bonds. The molecule has 2 atom stereocenters. The fourth-order valence-corrected chi connectivity index (χ4v) is 1.47.